The number of hydrogen-bond donors (Lipinski definition) is 1. The number of carbonyl (C=O) groups is 1. The van der Waals surface area contributed by atoms with Crippen LogP contribution in [0.4, 0.5) is 0 Å². The Hall–Kier alpha value is -2.85. The molecule has 0 aliphatic carbocycles. The smallest absolute Gasteiger partial charge is 0.254 e. The summed E-state index contributed by atoms with van der Waals surface area (Å²) in [4.78, 5) is 20.8. The largest absolute Gasteiger partial charge is 0.361 e. The number of rotatable bonds is 6. The highest BCUT2D eigenvalue weighted by atomic mass is 16.2. The van der Waals surface area contributed by atoms with Gasteiger partial charge in [-0.1, -0.05) is 48.5 Å². The summed E-state index contributed by atoms with van der Waals surface area (Å²) in [5, 5.41) is 0. The van der Waals surface area contributed by atoms with Crippen LogP contribution in [-0.4, -0.2) is 40.3 Å². The van der Waals surface area contributed by atoms with Crippen LogP contribution in [0, 0.1) is 5.92 Å². The number of hydrogen-bond acceptors (Lipinski definition) is 2. The number of benzene rings is 2. The molecule has 2 aliphatic heterocycles. The van der Waals surface area contributed by atoms with Crippen LogP contribution < -0.4 is 0 Å². The van der Waals surface area contributed by atoms with Crippen LogP contribution in [0.5, 0.6) is 0 Å². The summed E-state index contributed by atoms with van der Waals surface area (Å²) in [6, 6.07) is 23.1. The number of nitrogens with one attached hydrogen (secondary N) is 1. The second-order valence-corrected chi connectivity index (χ2v) is 8.73. The van der Waals surface area contributed by atoms with Gasteiger partial charge in [0.1, 0.15) is 0 Å². The quantitative estimate of drug-likeness (QED) is 0.664. The van der Waals surface area contributed by atoms with Crippen molar-refractivity contribution in [3.05, 3.63) is 94.8 Å². The second-order valence-electron chi connectivity index (χ2n) is 8.73. The molecule has 1 amide bonds. The lowest BCUT2D eigenvalue weighted by Crippen LogP contribution is -2.38. The summed E-state index contributed by atoms with van der Waals surface area (Å²) in [6.45, 7) is 4.86. The van der Waals surface area contributed by atoms with E-state index in [-0.39, 0.29) is 5.91 Å². The van der Waals surface area contributed by atoms with Crippen LogP contribution in [0.15, 0.2) is 66.7 Å². The SMILES string of the molecule is O=C1c2ccccc2CN1CC1CCN(Cc2ccc(Cc3ccccc3)[nH]2)CC1. The Labute approximate surface area is 178 Å². The van der Waals surface area contributed by atoms with E-state index in [1.54, 1.807) is 0 Å². The summed E-state index contributed by atoms with van der Waals surface area (Å²) in [6.07, 6.45) is 3.28. The molecule has 0 saturated carbocycles. The first kappa shape index (κ1) is 19.1. The highest BCUT2D eigenvalue weighted by Crippen LogP contribution is 2.26. The first-order chi connectivity index (χ1) is 14.7. The van der Waals surface area contributed by atoms with E-state index in [2.05, 4.69) is 58.4 Å². The number of likely N-dealkylation sites (tertiary alicyclic amines) is 1. The van der Waals surface area contributed by atoms with Crippen LogP contribution in [0.1, 0.15) is 45.7 Å². The van der Waals surface area contributed by atoms with Gasteiger partial charge in [0.05, 0.1) is 0 Å². The number of fused-ring (bicyclic) bond motifs is 1. The van der Waals surface area contributed by atoms with E-state index in [0.29, 0.717) is 5.92 Å². The fourth-order valence-electron chi connectivity index (χ4n) is 4.84. The van der Waals surface area contributed by atoms with Crippen LogP contribution in [-0.2, 0) is 19.5 Å². The average molecular weight is 400 g/mol. The van der Waals surface area contributed by atoms with Crippen LogP contribution in [0.3, 0.4) is 0 Å². The molecule has 1 fully saturated rings. The normalized spacial score (nSPS) is 17.5. The number of H-pyrrole nitrogens is 1. The maximum Gasteiger partial charge on any atom is 0.254 e. The van der Waals surface area contributed by atoms with Gasteiger partial charge in [0, 0.05) is 43.0 Å². The molecule has 0 radical (unpaired) electrons. The summed E-state index contributed by atoms with van der Waals surface area (Å²) in [5.74, 6) is 0.821. The van der Waals surface area contributed by atoms with E-state index >= 15 is 0 Å². The van der Waals surface area contributed by atoms with E-state index < -0.39 is 0 Å². The minimum absolute atomic E-state index is 0.213. The Morgan fingerprint density at radius 2 is 1.60 bits per heavy atom. The molecule has 3 heterocycles. The predicted octanol–water partition coefficient (Wildman–Crippen LogP) is 4.47. The standard InChI is InChI=1S/C26H29N3O/c30-26-25-9-5-4-8-22(25)18-29(26)17-21-12-14-28(15-13-21)19-24-11-10-23(27-24)16-20-6-2-1-3-7-20/h1-11,21,27H,12-19H2. The van der Waals surface area contributed by atoms with Gasteiger partial charge in [-0.25, -0.2) is 0 Å². The highest BCUT2D eigenvalue weighted by molar-refractivity contribution is 5.98. The number of aromatic amines is 1. The molecule has 0 atom stereocenters. The van der Waals surface area contributed by atoms with Crippen molar-refractivity contribution in [2.45, 2.75) is 32.4 Å². The monoisotopic (exact) mass is 399 g/mol. The molecule has 154 valence electrons. The highest BCUT2D eigenvalue weighted by Gasteiger charge is 2.30. The molecular formula is C26H29N3O. The number of amides is 1. The lowest BCUT2D eigenvalue weighted by Gasteiger charge is -2.33. The molecule has 0 bridgehead atoms. The molecule has 5 rings (SSSR count). The van der Waals surface area contributed by atoms with Crippen molar-refractivity contribution in [1.82, 2.24) is 14.8 Å². The molecule has 1 aromatic heterocycles. The van der Waals surface area contributed by atoms with Gasteiger partial charge in [-0.15, -0.1) is 0 Å². The Morgan fingerprint density at radius 1 is 0.867 bits per heavy atom. The molecule has 2 aliphatic rings. The van der Waals surface area contributed by atoms with Crippen molar-refractivity contribution in [1.29, 1.82) is 0 Å². The van der Waals surface area contributed by atoms with Gasteiger partial charge in [0.25, 0.3) is 5.91 Å². The maximum absolute atomic E-state index is 12.6. The minimum atomic E-state index is 0.213. The zero-order valence-corrected chi connectivity index (χ0v) is 17.4. The molecule has 30 heavy (non-hydrogen) atoms. The van der Waals surface area contributed by atoms with E-state index in [0.717, 1.165) is 57.5 Å². The zero-order valence-electron chi connectivity index (χ0n) is 17.4. The fraction of sp³-hybridized carbons (Fsp3) is 0.346. The van der Waals surface area contributed by atoms with E-state index in [9.17, 15) is 4.79 Å². The molecule has 4 nitrogen and oxygen atoms in total. The predicted molar refractivity (Wildman–Crippen MR) is 119 cm³/mol. The van der Waals surface area contributed by atoms with Crippen molar-refractivity contribution in [2.24, 2.45) is 5.92 Å². The van der Waals surface area contributed by atoms with Crippen LogP contribution >= 0.6 is 0 Å². The minimum Gasteiger partial charge on any atom is -0.361 e. The lowest BCUT2D eigenvalue weighted by atomic mass is 9.96. The van der Waals surface area contributed by atoms with E-state index in [1.807, 2.05) is 23.1 Å². The zero-order chi connectivity index (χ0) is 20.3. The van der Waals surface area contributed by atoms with Gasteiger partial charge < -0.3 is 9.88 Å². The van der Waals surface area contributed by atoms with Crippen molar-refractivity contribution in [3.63, 3.8) is 0 Å². The second kappa shape index (κ2) is 8.49. The number of aromatic nitrogens is 1. The summed E-state index contributed by atoms with van der Waals surface area (Å²) >= 11 is 0. The molecule has 2 aromatic carbocycles. The van der Waals surface area contributed by atoms with Crippen LogP contribution in [0.25, 0.3) is 0 Å². The molecule has 3 aromatic rings. The summed E-state index contributed by atoms with van der Waals surface area (Å²) in [7, 11) is 0. The molecule has 4 heteroatoms. The van der Waals surface area contributed by atoms with Gasteiger partial charge in [-0.3, -0.25) is 9.69 Å². The molecule has 0 spiro atoms. The van der Waals surface area contributed by atoms with E-state index in [1.165, 1.54) is 22.5 Å². The first-order valence-corrected chi connectivity index (χ1v) is 11.0. The average Bonchev–Trinajstić information content (AvgIpc) is 3.34. The van der Waals surface area contributed by atoms with Gasteiger partial charge in [0.15, 0.2) is 0 Å². The third-order valence-corrected chi connectivity index (χ3v) is 6.52. The number of nitrogens with zero attached hydrogens (tertiary/aromatic N) is 2. The summed E-state index contributed by atoms with van der Waals surface area (Å²) in [5.41, 5.74) is 5.99. The van der Waals surface area contributed by atoms with Crippen molar-refractivity contribution < 1.29 is 4.79 Å². The van der Waals surface area contributed by atoms with Crippen molar-refractivity contribution >= 4 is 5.91 Å². The topological polar surface area (TPSA) is 39.3 Å². The van der Waals surface area contributed by atoms with Crippen LogP contribution in [0.2, 0.25) is 0 Å². The molecule has 0 unspecified atom stereocenters. The third-order valence-electron chi connectivity index (χ3n) is 6.52. The fourth-order valence-corrected chi connectivity index (χ4v) is 4.84. The first-order valence-electron chi connectivity index (χ1n) is 11.0. The Bertz CT molecular complexity index is 1000. The van der Waals surface area contributed by atoms with Crippen molar-refractivity contribution in [3.8, 4) is 0 Å². The lowest BCUT2D eigenvalue weighted by molar-refractivity contribution is 0.0711. The molecule has 1 N–H and O–H groups in total. The summed E-state index contributed by atoms with van der Waals surface area (Å²) < 4.78 is 0. The maximum atomic E-state index is 12.6. The third kappa shape index (κ3) is 4.19. The van der Waals surface area contributed by atoms with E-state index in [4.69, 9.17) is 0 Å². The van der Waals surface area contributed by atoms with Gasteiger partial charge >= 0.3 is 0 Å². The number of piperidine rings is 1. The molecular weight excluding hydrogens is 370 g/mol. The Morgan fingerprint density at radius 3 is 2.40 bits per heavy atom. The van der Waals surface area contributed by atoms with Crippen molar-refractivity contribution in [2.75, 3.05) is 19.6 Å². The molecule has 1 saturated heterocycles. The van der Waals surface area contributed by atoms with Gasteiger partial charge in [-0.2, -0.15) is 0 Å². The van der Waals surface area contributed by atoms with Gasteiger partial charge in [-0.05, 0) is 61.2 Å². The van der Waals surface area contributed by atoms with Gasteiger partial charge in [0.2, 0.25) is 0 Å². The Balaban J connectivity index is 1.10. The Kier molecular flexibility index (Phi) is 5.41. The number of carbonyl (C=O) groups excluding carboxylic acids is 1.